The molecule has 152 valence electrons. The van der Waals surface area contributed by atoms with E-state index in [-0.39, 0.29) is 16.9 Å². The zero-order valence-corrected chi connectivity index (χ0v) is 16.7. The molecular formula is C25H16O6. The number of hydrogen-bond acceptors (Lipinski definition) is 6. The molecule has 0 aliphatic rings. The monoisotopic (exact) mass is 412 g/mol. The Morgan fingerprint density at radius 2 is 1.65 bits per heavy atom. The van der Waals surface area contributed by atoms with Crippen LogP contribution < -0.4 is 16.0 Å². The van der Waals surface area contributed by atoms with Crippen LogP contribution in [0.25, 0.3) is 43.8 Å². The van der Waals surface area contributed by atoms with Gasteiger partial charge < -0.3 is 13.6 Å². The Kier molecular flexibility index (Phi) is 4.22. The first kappa shape index (κ1) is 18.8. The van der Waals surface area contributed by atoms with E-state index in [1.54, 1.807) is 31.2 Å². The maximum absolute atomic E-state index is 12.9. The average molecular weight is 412 g/mol. The van der Waals surface area contributed by atoms with E-state index in [1.165, 1.54) is 13.0 Å². The van der Waals surface area contributed by atoms with E-state index in [9.17, 15) is 14.4 Å². The maximum atomic E-state index is 12.9. The molecule has 0 N–H and O–H groups in total. The van der Waals surface area contributed by atoms with Gasteiger partial charge in [-0.15, -0.1) is 0 Å². The van der Waals surface area contributed by atoms with Gasteiger partial charge in [0.05, 0.1) is 5.56 Å². The van der Waals surface area contributed by atoms with Gasteiger partial charge in [-0.3, -0.25) is 4.79 Å². The topological polar surface area (TPSA) is 86.7 Å². The van der Waals surface area contributed by atoms with Crippen LogP contribution in [0.5, 0.6) is 5.75 Å². The van der Waals surface area contributed by atoms with Crippen LogP contribution in [-0.2, 0) is 4.79 Å². The average Bonchev–Trinajstić information content (AvgIpc) is 2.74. The van der Waals surface area contributed by atoms with Gasteiger partial charge in [-0.25, -0.2) is 9.59 Å². The number of benzene rings is 3. The fourth-order valence-electron chi connectivity index (χ4n) is 3.89. The molecule has 0 saturated carbocycles. The summed E-state index contributed by atoms with van der Waals surface area (Å²) in [5, 5.41) is 3.25. The van der Waals surface area contributed by atoms with Crippen LogP contribution in [0.1, 0.15) is 12.5 Å². The second-order valence-corrected chi connectivity index (χ2v) is 7.28. The van der Waals surface area contributed by atoms with Crippen molar-refractivity contribution in [2.24, 2.45) is 0 Å². The fraction of sp³-hybridized carbons (Fsp3) is 0.0800. The van der Waals surface area contributed by atoms with Crippen LogP contribution in [0, 0.1) is 6.92 Å². The quantitative estimate of drug-likeness (QED) is 0.176. The van der Waals surface area contributed by atoms with Crippen LogP contribution in [0.4, 0.5) is 0 Å². The SMILES string of the molecule is CC(=O)Oc1ccc2c(-c3cc4c(ccc5ccccc54)oc3=O)cc(=O)oc2c1C. The maximum Gasteiger partial charge on any atom is 0.344 e. The van der Waals surface area contributed by atoms with Gasteiger partial charge in [0, 0.05) is 34.9 Å². The molecule has 0 aliphatic carbocycles. The van der Waals surface area contributed by atoms with E-state index >= 15 is 0 Å². The fourth-order valence-corrected chi connectivity index (χ4v) is 3.89. The first-order chi connectivity index (χ1) is 14.9. The highest BCUT2D eigenvalue weighted by molar-refractivity contribution is 6.07. The van der Waals surface area contributed by atoms with Crippen molar-refractivity contribution in [2.45, 2.75) is 13.8 Å². The summed E-state index contributed by atoms with van der Waals surface area (Å²) in [5.74, 6) is -0.195. The number of hydrogen-bond donors (Lipinski definition) is 0. The Bertz CT molecular complexity index is 1640. The number of aryl methyl sites for hydroxylation is 1. The second-order valence-electron chi connectivity index (χ2n) is 7.28. The summed E-state index contributed by atoms with van der Waals surface area (Å²) in [6.07, 6.45) is 0. The van der Waals surface area contributed by atoms with Crippen molar-refractivity contribution < 1.29 is 18.4 Å². The van der Waals surface area contributed by atoms with E-state index in [0.717, 1.165) is 16.2 Å². The van der Waals surface area contributed by atoms with E-state index in [4.69, 9.17) is 13.6 Å². The van der Waals surface area contributed by atoms with Crippen LogP contribution in [0.15, 0.2) is 79.1 Å². The van der Waals surface area contributed by atoms with Crippen molar-refractivity contribution in [3.63, 3.8) is 0 Å². The van der Waals surface area contributed by atoms with Gasteiger partial charge in [-0.1, -0.05) is 30.3 Å². The predicted molar refractivity (Wildman–Crippen MR) is 118 cm³/mol. The van der Waals surface area contributed by atoms with Crippen LogP contribution >= 0.6 is 0 Å². The second kappa shape index (κ2) is 6.95. The summed E-state index contributed by atoms with van der Waals surface area (Å²) in [5.41, 5.74) is 0.669. The molecule has 31 heavy (non-hydrogen) atoms. The first-order valence-corrected chi connectivity index (χ1v) is 9.64. The Morgan fingerprint density at radius 3 is 2.45 bits per heavy atom. The van der Waals surface area contributed by atoms with Crippen LogP contribution in [-0.4, -0.2) is 5.97 Å². The Morgan fingerprint density at radius 1 is 0.839 bits per heavy atom. The lowest BCUT2D eigenvalue weighted by atomic mass is 9.99. The third-order valence-corrected chi connectivity index (χ3v) is 5.30. The van der Waals surface area contributed by atoms with Gasteiger partial charge in [-0.05, 0) is 42.0 Å². The normalized spacial score (nSPS) is 11.3. The van der Waals surface area contributed by atoms with Crippen molar-refractivity contribution in [3.05, 3.63) is 87.1 Å². The molecule has 3 aromatic carbocycles. The molecule has 0 amide bonds. The number of ether oxygens (including phenoxy) is 1. The van der Waals surface area contributed by atoms with Gasteiger partial charge in [0.2, 0.25) is 0 Å². The molecule has 0 atom stereocenters. The number of carbonyl (C=O) groups is 1. The molecule has 0 saturated heterocycles. The van der Waals surface area contributed by atoms with Crippen molar-refractivity contribution in [3.8, 4) is 16.9 Å². The summed E-state index contributed by atoms with van der Waals surface area (Å²) in [6, 6.07) is 17.7. The Hall–Kier alpha value is -4.19. The molecule has 5 rings (SSSR count). The highest BCUT2D eigenvalue weighted by Crippen LogP contribution is 2.34. The minimum Gasteiger partial charge on any atom is -0.426 e. The van der Waals surface area contributed by atoms with Crippen LogP contribution in [0.3, 0.4) is 0 Å². The third kappa shape index (κ3) is 3.09. The van der Waals surface area contributed by atoms with Gasteiger partial charge in [0.25, 0.3) is 0 Å². The molecule has 6 heteroatoms. The Labute approximate surface area is 175 Å². The zero-order valence-electron chi connectivity index (χ0n) is 16.7. The molecule has 5 aromatic rings. The highest BCUT2D eigenvalue weighted by atomic mass is 16.5. The molecule has 2 heterocycles. The molecule has 0 aliphatic heterocycles. The van der Waals surface area contributed by atoms with Gasteiger partial charge >= 0.3 is 17.2 Å². The molecule has 0 bridgehead atoms. The molecule has 0 unspecified atom stereocenters. The van der Waals surface area contributed by atoms with Crippen LogP contribution in [0.2, 0.25) is 0 Å². The summed E-state index contributed by atoms with van der Waals surface area (Å²) >= 11 is 0. The van der Waals surface area contributed by atoms with Crippen molar-refractivity contribution >= 4 is 38.7 Å². The molecule has 6 nitrogen and oxygen atoms in total. The molecule has 0 spiro atoms. The highest BCUT2D eigenvalue weighted by Gasteiger charge is 2.18. The molecule has 2 aromatic heterocycles. The van der Waals surface area contributed by atoms with Gasteiger partial charge in [0.1, 0.15) is 16.9 Å². The molecule has 0 fully saturated rings. The number of carbonyl (C=O) groups excluding carboxylic acids is 1. The van der Waals surface area contributed by atoms with E-state index < -0.39 is 17.2 Å². The molecule has 0 radical (unpaired) electrons. The minimum atomic E-state index is -0.622. The van der Waals surface area contributed by atoms with E-state index in [1.807, 2.05) is 30.3 Å². The summed E-state index contributed by atoms with van der Waals surface area (Å²) in [4.78, 5) is 36.6. The largest absolute Gasteiger partial charge is 0.426 e. The standard InChI is InChI=1S/C25H16O6/c1-13-21(29-14(2)26)10-8-17-18(12-23(27)31-24(13)17)20-11-19-16-6-4-3-5-15(16)7-9-22(19)30-25(20)28/h3-12H,1-2H3. The summed E-state index contributed by atoms with van der Waals surface area (Å²) in [6.45, 7) is 2.98. The minimum absolute atomic E-state index is 0.249. The Balaban J connectivity index is 1.85. The third-order valence-electron chi connectivity index (χ3n) is 5.30. The zero-order chi connectivity index (χ0) is 21.7. The lowest BCUT2D eigenvalue weighted by molar-refractivity contribution is -0.131. The molecular weight excluding hydrogens is 396 g/mol. The smallest absolute Gasteiger partial charge is 0.344 e. The van der Waals surface area contributed by atoms with E-state index in [0.29, 0.717) is 22.1 Å². The summed E-state index contributed by atoms with van der Waals surface area (Å²) in [7, 11) is 0. The number of rotatable bonds is 2. The predicted octanol–water partition coefficient (Wildman–Crippen LogP) is 4.95. The number of esters is 1. The van der Waals surface area contributed by atoms with Crippen molar-refractivity contribution in [1.29, 1.82) is 0 Å². The lowest BCUT2D eigenvalue weighted by Crippen LogP contribution is -2.08. The summed E-state index contributed by atoms with van der Waals surface area (Å²) < 4.78 is 16.2. The van der Waals surface area contributed by atoms with Gasteiger partial charge in [0.15, 0.2) is 0 Å². The number of fused-ring (bicyclic) bond motifs is 4. The first-order valence-electron chi connectivity index (χ1n) is 9.64. The van der Waals surface area contributed by atoms with Gasteiger partial charge in [-0.2, -0.15) is 0 Å². The van der Waals surface area contributed by atoms with E-state index in [2.05, 4.69) is 0 Å². The lowest BCUT2D eigenvalue weighted by Gasteiger charge is -2.11. The van der Waals surface area contributed by atoms with Crippen molar-refractivity contribution in [1.82, 2.24) is 0 Å². The van der Waals surface area contributed by atoms with Crippen molar-refractivity contribution in [2.75, 3.05) is 0 Å².